The van der Waals surface area contributed by atoms with Crippen LogP contribution in [0.4, 0.5) is 5.69 Å². The Labute approximate surface area is 119 Å². The van der Waals surface area contributed by atoms with Gasteiger partial charge in [-0.05, 0) is 25.5 Å². The average Bonchev–Trinajstić information content (AvgIpc) is 2.47. The van der Waals surface area contributed by atoms with Crippen LogP contribution in [0.5, 0.6) is 11.5 Å². The van der Waals surface area contributed by atoms with Gasteiger partial charge >= 0.3 is 0 Å². The van der Waals surface area contributed by atoms with E-state index in [1.807, 2.05) is 13.0 Å². The van der Waals surface area contributed by atoms with Gasteiger partial charge in [0.15, 0.2) is 17.8 Å². The molecule has 0 aromatic heterocycles. The minimum absolute atomic E-state index is 0.375. The van der Waals surface area contributed by atoms with Crippen molar-refractivity contribution in [3.05, 3.63) is 30.4 Å². The molecule has 0 radical (unpaired) electrons. The summed E-state index contributed by atoms with van der Waals surface area (Å²) >= 11 is 0. The van der Waals surface area contributed by atoms with Gasteiger partial charge in [-0.2, -0.15) is 0 Å². The normalized spacial score (nSPS) is 15.8. The predicted molar refractivity (Wildman–Crippen MR) is 77.0 cm³/mol. The van der Waals surface area contributed by atoms with E-state index in [0.717, 1.165) is 12.0 Å². The van der Waals surface area contributed by atoms with Crippen LogP contribution in [0.1, 0.15) is 25.2 Å². The second-order valence-electron chi connectivity index (χ2n) is 4.40. The van der Waals surface area contributed by atoms with Crippen molar-refractivity contribution in [1.82, 2.24) is 0 Å². The summed E-state index contributed by atoms with van der Waals surface area (Å²) in [5, 5.41) is 0. The molecular formula is C15H21NO4. The highest BCUT2D eigenvalue weighted by molar-refractivity contribution is 5.62. The molecule has 1 aromatic rings. The maximum absolute atomic E-state index is 6.05. The van der Waals surface area contributed by atoms with Crippen molar-refractivity contribution in [2.24, 2.45) is 0 Å². The highest BCUT2D eigenvalue weighted by Gasteiger charge is 2.20. The second kappa shape index (κ2) is 7.17. The fourth-order valence-corrected chi connectivity index (χ4v) is 2.02. The van der Waals surface area contributed by atoms with Crippen molar-refractivity contribution in [2.45, 2.75) is 19.6 Å². The van der Waals surface area contributed by atoms with Crippen molar-refractivity contribution in [3.63, 3.8) is 0 Å². The Balaban J connectivity index is 2.27. The summed E-state index contributed by atoms with van der Waals surface area (Å²) in [6.45, 7) is 7.81. The minimum Gasteiger partial charge on any atom is -0.490 e. The van der Waals surface area contributed by atoms with Crippen LogP contribution in [-0.2, 0) is 9.47 Å². The van der Waals surface area contributed by atoms with E-state index in [9.17, 15) is 0 Å². The van der Waals surface area contributed by atoms with Gasteiger partial charge in [0.25, 0.3) is 0 Å². The standard InChI is InChI=1S/C15H21NO4/c1-3-6-18-14-12(16)9-11(10-13(14)17-4-2)15-19-7-5-8-20-15/h3,9-10,15H,1,4-8,16H2,2H3. The van der Waals surface area contributed by atoms with Crippen LogP contribution in [0.3, 0.4) is 0 Å². The largest absolute Gasteiger partial charge is 0.490 e. The molecule has 0 amide bonds. The summed E-state index contributed by atoms with van der Waals surface area (Å²) in [5.74, 6) is 1.13. The molecule has 1 saturated heterocycles. The maximum atomic E-state index is 6.05. The zero-order chi connectivity index (χ0) is 14.4. The molecule has 20 heavy (non-hydrogen) atoms. The van der Waals surface area contributed by atoms with Gasteiger partial charge in [0, 0.05) is 5.56 Å². The summed E-state index contributed by atoms with van der Waals surface area (Å²) in [5.41, 5.74) is 7.40. The highest BCUT2D eigenvalue weighted by atomic mass is 16.7. The van der Waals surface area contributed by atoms with Crippen LogP contribution in [0.25, 0.3) is 0 Å². The number of ether oxygens (including phenoxy) is 4. The first kappa shape index (κ1) is 14.7. The van der Waals surface area contributed by atoms with Crippen molar-refractivity contribution in [1.29, 1.82) is 0 Å². The van der Waals surface area contributed by atoms with Gasteiger partial charge in [0.1, 0.15) is 6.61 Å². The molecule has 0 aliphatic carbocycles. The fourth-order valence-electron chi connectivity index (χ4n) is 2.02. The second-order valence-corrected chi connectivity index (χ2v) is 4.40. The van der Waals surface area contributed by atoms with Crippen LogP contribution < -0.4 is 15.2 Å². The fraction of sp³-hybridized carbons (Fsp3) is 0.467. The Morgan fingerprint density at radius 3 is 2.75 bits per heavy atom. The summed E-state index contributed by atoms with van der Waals surface area (Å²) in [4.78, 5) is 0. The molecule has 5 heteroatoms. The number of rotatable bonds is 6. The molecule has 2 N–H and O–H groups in total. The molecule has 0 atom stereocenters. The molecule has 0 saturated carbocycles. The molecule has 1 aliphatic heterocycles. The van der Waals surface area contributed by atoms with E-state index < -0.39 is 6.29 Å². The van der Waals surface area contributed by atoms with Crippen LogP contribution in [0, 0.1) is 0 Å². The van der Waals surface area contributed by atoms with Crippen LogP contribution in [0.15, 0.2) is 24.8 Å². The molecule has 1 aliphatic rings. The molecule has 2 rings (SSSR count). The Hall–Kier alpha value is -1.72. The van der Waals surface area contributed by atoms with Crippen LogP contribution >= 0.6 is 0 Å². The third kappa shape index (κ3) is 3.43. The van der Waals surface area contributed by atoms with E-state index in [1.165, 1.54) is 0 Å². The Bertz CT molecular complexity index is 455. The number of benzene rings is 1. The lowest BCUT2D eigenvalue weighted by molar-refractivity contribution is -0.183. The van der Waals surface area contributed by atoms with Gasteiger partial charge in [0.05, 0.1) is 25.5 Å². The Morgan fingerprint density at radius 1 is 1.35 bits per heavy atom. The van der Waals surface area contributed by atoms with Crippen molar-refractivity contribution in [3.8, 4) is 11.5 Å². The molecule has 5 nitrogen and oxygen atoms in total. The zero-order valence-electron chi connectivity index (χ0n) is 11.8. The molecule has 0 bridgehead atoms. The van der Waals surface area contributed by atoms with E-state index in [2.05, 4.69) is 6.58 Å². The first-order valence-corrected chi connectivity index (χ1v) is 6.79. The smallest absolute Gasteiger partial charge is 0.184 e. The number of nitrogens with two attached hydrogens (primary N) is 1. The Kier molecular flexibility index (Phi) is 5.26. The van der Waals surface area contributed by atoms with E-state index >= 15 is 0 Å². The van der Waals surface area contributed by atoms with E-state index in [4.69, 9.17) is 24.7 Å². The lowest BCUT2D eigenvalue weighted by Crippen LogP contribution is -2.18. The van der Waals surface area contributed by atoms with Gasteiger partial charge in [-0.1, -0.05) is 12.7 Å². The van der Waals surface area contributed by atoms with Gasteiger partial charge in [-0.25, -0.2) is 0 Å². The predicted octanol–water partition coefficient (Wildman–Crippen LogP) is 2.67. The lowest BCUT2D eigenvalue weighted by atomic mass is 10.1. The first-order valence-electron chi connectivity index (χ1n) is 6.79. The highest BCUT2D eigenvalue weighted by Crippen LogP contribution is 2.38. The first-order chi connectivity index (χ1) is 9.76. The van der Waals surface area contributed by atoms with Crippen LogP contribution in [-0.4, -0.2) is 26.4 Å². The summed E-state index contributed by atoms with van der Waals surface area (Å²) < 4.78 is 22.3. The monoisotopic (exact) mass is 279 g/mol. The average molecular weight is 279 g/mol. The van der Waals surface area contributed by atoms with Crippen molar-refractivity contribution in [2.75, 3.05) is 32.2 Å². The Morgan fingerprint density at radius 2 is 2.10 bits per heavy atom. The van der Waals surface area contributed by atoms with Gasteiger partial charge in [0.2, 0.25) is 0 Å². The summed E-state index contributed by atoms with van der Waals surface area (Å²) in [7, 11) is 0. The van der Waals surface area contributed by atoms with E-state index in [0.29, 0.717) is 43.6 Å². The molecule has 0 unspecified atom stereocenters. The van der Waals surface area contributed by atoms with Gasteiger partial charge in [-0.15, -0.1) is 0 Å². The number of hydrogen-bond donors (Lipinski definition) is 1. The van der Waals surface area contributed by atoms with Crippen LogP contribution in [0.2, 0.25) is 0 Å². The number of anilines is 1. The molecule has 110 valence electrons. The molecule has 1 fully saturated rings. The van der Waals surface area contributed by atoms with Gasteiger partial charge < -0.3 is 24.7 Å². The quantitative estimate of drug-likeness (QED) is 0.640. The number of hydrogen-bond acceptors (Lipinski definition) is 5. The lowest BCUT2D eigenvalue weighted by Gasteiger charge is -2.25. The topological polar surface area (TPSA) is 62.9 Å². The number of nitrogen functional groups attached to an aromatic ring is 1. The van der Waals surface area contributed by atoms with E-state index in [-0.39, 0.29) is 0 Å². The van der Waals surface area contributed by atoms with Crippen molar-refractivity contribution >= 4 is 5.69 Å². The third-order valence-electron chi connectivity index (χ3n) is 2.85. The zero-order valence-corrected chi connectivity index (χ0v) is 11.8. The summed E-state index contributed by atoms with van der Waals surface area (Å²) in [6.07, 6.45) is 2.18. The maximum Gasteiger partial charge on any atom is 0.184 e. The minimum atomic E-state index is -0.390. The van der Waals surface area contributed by atoms with E-state index in [1.54, 1.807) is 12.1 Å². The SMILES string of the molecule is C=CCOc1c(N)cc(C2OCCCO2)cc1OCC. The molecule has 1 heterocycles. The summed E-state index contributed by atoms with van der Waals surface area (Å²) in [6, 6.07) is 3.66. The van der Waals surface area contributed by atoms with Crippen molar-refractivity contribution < 1.29 is 18.9 Å². The van der Waals surface area contributed by atoms with Gasteiger partial charge in [-0.3, -0.25) is 0 Å². The third-order valence-corrected chi connectivity index (χ3v) is 2.85. The molecule has 0 spiro atoms. The molecular weight excluding hydrogens is 258 g/mol. The molecule has 1 aromatic carbocycles.